The molecule has 0 aliphatic carbocycles. The number of carbonyl (C=O) groups is 1. The summed E-state index contributed by atoms with van der Waals surface area (Å²) in [5.74, 6) is 2.08. The van der Waals surface area contributed by atoms with Crippen LogP contribution in [-0.4, -0.2) is 99.8 Å². The Kier molecular flexibility index (Phi) is 12.1. The second-order valence-corrected chi connectivity index (χ2v) is 25.4. The van der Waals surface area contributed by atoms with Crippen LogP contribution in [0.5, 0.6) is 0 Å². The molecular weight excluding hydrogens is 623 g/mol. The van der Waals surface area contributed by atoms with Crippen molar-refractivity contribution in [3.8, 4) is 0 Å². The Morgan fingerprint density at radius 3 is 2.07 bits per heavy atom. The second-order valence-electron chi connectivity index (χ2n) is 12.5. The number of fused-ring (bicyclic) bond motifs is 1. The van der Waals surface area contributed by atoms with Crippen molar-refractivity contribution >= 4 is 45.1 Å². The van der Waals surface area contributed by atoms with E-state index in [1.54, 1.807) is 0 Å². The van der Waals surface area contributed by atoms with Crippen LogP contribution in [0.15, 0.2) is 0 Å². The number of anilines is 1. The molecule has 0 bridgehead atoms. The van der Waals surface area contributed by atoms with Crippen molar-refractivity contribution in [1.29, 1.82) is 0 Å². The summed E-state index contributed by atoms with van der Waals surface area (Å²) in [4.78, 5) is 33.9. The molecule has 1 unspecified atom stereocenters. The molecule has 2 aliphatic heterocycles. The summed E-state index contributed by atoms with van der Waals surface area (Å²) in [6.45, 7) is 13.5. The van der Waals surface area contributed by atoms with Crippen LogP contribution < -0.4 is 8.74 Å². The van der Waals surface area contributed by atoms with Crippen molar-refractivity contribution in [3.63, 3.8) is 0 Å². The molecule has 230 valence electrons. The minimum absolute atomic E-state index is 0.0206. The average molecular weight is 678 g/mol. The fourth-order valence-corrected chi connectivity index (χ4v) is 21.5. The summed E-state index contributed by atoms with van der Waals surface area (Å²) in [7, 11) is 1.96. The van der Waals surface area contributed by atoms with Crippen LogP contribution in [0.25, 0.3) is 11.2 Å². The molecule has 0 spiro atoms. The Labute approximate surface area is 251 Å². The number of likely N-dealkylation sites (tertiary alicyclic amines) is 1. The van der Waals surface area contributed by atoms with E-state index in [2.05, 4.69) is 32.6 Å². The number of morpholine rings is 1. The Morgan fingerprint density at radius 1 is 0.951 bits per heavy atom. The first-order valence-corrected chi connectivity index (χ1v) is 23.8. The third kappa shape index (κ3) is 7.37. The summed E-state index contributed by atoms with van der Waals surface area (Å²) in [6, 6.07) is 0. The number of aryl methyl sites for hydroxylation is 1. The SMILES string of the molecule is CCC[CH2][Sn]([CH2]CCC)([CH2]CCC)[c]1nc(N2CCOCC2)c2nc(C(=O)N3CCC(C(C)CO)CC3)n(C)c2n1. The zero-order chi connectivity index (χ0) is 29.4. The van der Waals surface area contributed by atoms with Gasteiger partial charge < -0.3 is 5.11 Å². The Bertz CT molecular complexity index is 1100. The monoisotopic (exact) mass is 678 g/mol. The first-order valence-electron chi connectivity index (χ1n) is 16.4. The van der Waals surface area contributed by atoms with Gasteiger partial charge in [0, 0.05) is 0 Å². The van der Waals surface area contributed by atoms with Gasteiger partial charge >= 0.3 is 247 Å². The molecule has 2 saturated heterocycles. The first-order chi connectivity index (χ1) is 19.9. The first kappa shape index (κ1) is 32.5. The normalized spacial score (nSPS) is 17.9. The third-order valence-corrected chi connectivity index (χ3v) is 24.2. The van der Waals surface area contributed by atoms with Gasteiger partial charge in [0.2, 0.25) is 0 Å². The summed E-state index contributed by atoms with van der Waals surface area (Å²) >= 11 is -2.96. The van der Waals surface area contributed by atoms with Gasteiger partial charge in [-0.15, -0.1) is 0 Å². The van der Waals surface area contributed by atoms with E-state index in [0.717, 1.165) is 46.8 Å². The zero-order valence-electron chi connectivity index (χ0n) is 26.3. The molecule has 0 aromatic carbocycles. The Morgan fingerprint density at radius 2 is 1.54 bits per heavy atom. The maximum absolute atomic E-state index is 13.9. The number of amides is 1. The molecule has 0 radical (unpaired) electrons. The molecule has 1 atom stereocenters. The zero-order valence-corrected chi connectivity index (χ0v) is 29.2. The summed E-state index contributed by atoms with van der Waals surface area (Å²) in [6.07, 6.45) is 9.19. The predicted molar refractivity (Wildman–Crippen MR) is 169 cm³/mol. The number of rotatable bonds is 14. The number of hydrogen-bond donors (Lipinski definition) is 1. The summed E-state index contributed by atoms with van der Waals surface area (Å²) in [5.41, 5.74) is 1.57. The number of carbonyl (C=O) groups excluding carboxylic acids is 1. The van der Waals surface area contributed by atoms with Crippen molar-refractivity contribution in [2.45, 2.75) is 92.4 Å². The van der Waals surface area contributed by atoms with Gasteiger partial charge in [-0.1, -0.05) is 0 Å². The number of aliphatic hydroxyl groups is 1. The molecule has 2 aliphatic rings. The molecular formula is C31H54N6O3Sn. The van der Waals surface area contributed by atoms with Gasteiger partial charge in [-0.05, 0) is 0 Å². The van der Waals surface area contributed by atoms with Gasteiger partial charge in [0.25, 0.3) is 0 Å². The van der Waals surface area contributed by atoms with E-state index < -0.39 is 18.4 Å². The van der Waals surface area contributed by atoms with Gasteiger partial charge in [0.05, 0.1) is 0 Å². The molecule has 4 rings (SSSR count). The molecule has 4 heterocycles. The number of piperidine rings is 1. The number of nitrogens with zero attached hydrogens (tertiary/aromatic N) is 6. The molecule has 10 heteroatoms. The summed E-state index contributed by atoms with van der Waals surface area (Å²) < 4.78 is 12.7. The van der Waals surface area contributed by atoms with Crippen LogP contribution in [0, 0.1) is 11.8 Å². The van der Waals surface area contributed by atoms with Crippen LogP contribution in [0.1, 0.15) is 89.7 Å². The maximum atomic E-state index is 13.9. The topological polar surface area (TPSA) is 96.6 Å². The number of aromatic nitrogens is 4. The molecule has 41 heavy (non-hydrogen) atoms. The third-order valence-electron chi connectivity index (χ3n) is 9.62. The molecule has 2 fully saturated rings. The number of ether oxygens (including phenoxy) is 1. The quantitative estimate of drug-likeness (QED) is 0.289. The molecule has 1 N–H and O–H groups in total. The Hall–Kier alpha value is -1.46. The van der Waals surface area contributed by atoms with Crippen molar-refractivity contribution in [1.82, 2.24) is 24.4 Å². The van der Waals surface area contributed by atoms with E-state index in [9.17, 15) is 9.90 Å². The van der Waals surface area contributed by atoms with Gasteiger partial charge in [0.1, 0.15) is 0 Å². The van der Waals surface area contributed by atoms with Gasteiger partial charge in [-0.3, -0.25) is 0 Å². The molecule has 1 amide bonds. The van der Waals surface area contributed by atoms with E-state index in [-0.39, 0.29) is 18.4 Å². The number of unbranched alkanes of at least 4 members (excludes halogenated alkanes) is 3. The minimum atomic E-state index is -2.96. The van der Waals surface area contributed by atoms with Gasteiger partial charge in [-0.2, -0.15) is 0 Å². The van der Waals surface area contributed by atoms with Crippen molar-refractivity contribution in [3.05, 3.63) is 5.82 Å². The molecule has 9 nitrogen and oxygen atoms in total. The van der Waals surface area contributed by atoms with E-state index in [4.69, 9.17) is 19.7 Å². The summed E-state index contributed by atoms with van der Waals surface area (Å²) in [5, 5.41) is 9.60. The molecule has 2 aromatic heterocycles. The fraction of sp³-hybridized carbons (Fsp3) is 0.806. The van der Waals surface area contributed by atoms with Crippen LogP contribution in [-0.2, 0) is 11.8 Å². The van der Waals surface area contributed by atoms with Crippen LogP contribution in [0.4, 0.5) is 5.82 Å². The van der Waals surface area contributed by atoms with E-state index in [0.29, 0.717) is 38.0 Å². The van der Waals surface area contributed by atoms with Crippen LogP contribution >= 0.6 is 0 Å². The van der Waals surface area contributed by atoms with Gasteiger partial charge in [-0.25, -0.2) is 0 Å². The Balaban J connectivity index is 1.78. The van der Waals surface area contributed by atoms with Crippen molar-refractivity contribution in [2.75, 3.05) is 50.9 Å². The number of imidazole rings is 1. The van der Waals surface area contributed by atoms with Crippen molar-refractivity contribution < 1.29 is 14.6 Å². The average Bonchev–Trinajstić information content (AvgIpc) is 3.36. The fourth-order valence-electron chi connectivity index (χ4n) is 6.69. The molecule has 2 aromatic rings. The standard InChI is InChI=1S/C19H27N6O3.3C4H9.Sn/c1-13(11-26)14-3-5-25(6-4-14)19(27)18-22-15-16(23(18)2)20-12-21-17(15)24-7-9-28-10-8-24;3*1-3-4-2;/h13-14,26H,3-11H2,1-2H3;3*1,3-4H2,2H3;. The van der Waals surface area contributed by atoms with Crippen LogP contribution in [0.2, 0.25) is 13.3 Å². The number of hydrogen-bond acceptors (Lipinski definition) is 7. The van der Waals surface area contributed by atoms with Crippen molar-refractivity contribution in [2.24, 2.45) is 18.9 Å². The predicted octanol–water partition coefficient (Wildman–Crippen LogP) is 4.74. The number of aliphatic hydroxyl groups excluding tert-OH is 1. The van der Waals surface area contributed by atoms with E-state index in [1.807, 2.05) is 16.5 Å². The van der Waals surface area contributed by atoms with E-state index >= 15 is 0 Å². The van der Waals surface area contributed by atoms with Crippen LogP contribution in [0.3, 0.4) is 0 Å². The van der Waals surface area contributed by atoms with E-state index in [1.165, 1.54) is 51.8 Å². The molecule has 0 saturated carbocycles. The van der Waals surface area contributed by atoms with Gasteiger partial charge in [0.15, 0.2) is 0 Å². The second kappa shape index (κ2) is 15.3.